The lowest BCUT2D eigenvalue weighted by Gasteiger charge is -2.36. The van der Waals surface area contributed by atoms with E-state index in [0.717, 1.165) is 5.56 Å². The quantitative estimate of drug-likeness (QED) is 0.572. The van der Waals surface area contributed by atoms with Crippen molar-refractivity contribution in [2.45, 2.75) is 49.3 Å². The van der Waals surface area contributed by atoms with Crippen LogP contribution in [-0.4, -0.2) is 50.8 Å². The first-order valence-corrected chi connectivity index (χ1v) is 11.7. The predicted octanol–water partition coefficient (Wildman–Crippen LogP) is 2.14. The maximum absolute atomic E-state index is 13.7. The Hall–Kier alpha value is -2.33. The molecule has 0 saturated carbocycles. The van der Waals surface area contributed by atoms with Crippen molar-refractivity contribution in [1.82, 2.24) is 10.0 Å². The minimum Gasteiger partial charge on any atom is -0.394 e. The number of hydrogen-bond donors (Lipinski definition) is 3. The summed E-state index contributed by atoms with van der Waals surface area (Å²) in [5.74, 6) is -1.09. The molecule has 2 aromatic rings. The van der Waals surface area contributed by atoms with Gasteiger partial charge in [0.05, 0.1) is 35.3 Å². The van der Waals surface area contributed by atoms with Crippen LogP contribution in [0.1, 0.15) is 35.2 Å². The second kappa shape index (κ2) is 10.3. The fourth-order valence-corrected chi connectivity index (χ4v) is 4.85. The van der Waals surface area contributed by atoms with Crippen LogP contribution in [0.4, 0.5) is 4.39 Å². The van der Waals surface area contributed by atoms with Crippen LogP contribution in [0.5, 0.6) is 0 Å². The average molecular weight is 451 g/mol. The number of sulfonamides is 1. The normalized spacial score (nSPS) is 21.6. The third-order valence-electron chi connectivity index (χ3n) is 5.30. The number of carbonyl (C=O) groups excluding carboxylic acids is 1. The van der Waals surface area contributed by atoms with Crippen molar-refractivity contribution in [1.29, 1.82) is 0 Å². The van der Waals surface area contributed by atoms with Crippen LogP contribution in [0.3, 0.4) is 0 Å². The zero-order valence-electron chi connectivity index (χ0n) is 17.3. The summed E-state index contributed by atoms with van der Waals surface area (Å²) >= 11 is 0. The molecule has 1 fully saturated rings. The van der Waals surface area contributed by atoms with Gasteiger partial charge in [0.25, 0.3) is 5.91 Å². The van der Waals surface area contributed by atoms with E-state index in [4.69, 9.17) is 4.74 Å². The standard InChI is InChI=1S/C22H27FN2O5S/c1-15-6-9-17(10-7-15)31(28,29)25-20-11-8-16(30-21(20)14-26)12-13-24-22(27)18-4-2-3-5-19(18)23/h2-7,9-10,16,20-21,25-26H,8,11-14H2,1H3,(H,24,27)/t16-,20-,21+/m1/s1. The number of nitrogens with one attached hydrogen (secondary N) is 2. The van der Waals surface area contributed by atoms with Gasteiger partial charge >= 0.3 is 0 Å². The summed E-state index contributed by atoms with van der Waals surface area (Å²) in [6.07, 6.45) is 0.572. The van der Waals surface area contributed by atoms with Crippen LogP contribution < -0.4 is 10.0 Å². The Morgan fingerprint density at radius 2 is 1.87 bits per heavy atom. The molecule has 2 aromatic carbocycles. The van der Waals surface area contributed by atoms with Crippen molar-refractivity contribution in [3.63, 3.8) is 0 Å². The second-order valence-corrected chi connectivity index (χ2v) is 9.34. The van der Waals surface area contributed by atoms with Gasteiger partial charge in [0.1, 0.15) is 5.82 Å². The van der Waals surface area contributed by atoms with E-state index in [-0.39, 0.29) is 29.7 Å². The largest absolute Gasteiger partial charge is 0.394 e. The van der Waals surface area contributed by atoms with E-state index in [9.17, 15) is 22.7 Å². The van der Waals surface area contributed by atoms with Crippen LogP contribution in [0.25, 0.3) is 0 Å². The maximum Gasteiger partial charge on any atom is 0.254 e. The van der Waals surface area contributed by atoms with Crippen molar-refractivity contribution in [2.75, 3.05) is 13.2 Å². The number of halogens is 1. The van der Waals surface area contributed by atoms with E-state index in [1.54, 1.807) is 18.2 Å². The highest BCUT2D eigenvalue weighted by atomic mass is 32.2. The molecule has 1 saturated heterocycles. The molecule has 1 amide bonds. The smallest absolute Gasteiger partial charge is 0.254 e. The van der Waals surface area contributed by atoms with Crippen molar-refractivity contribution >= 4 is 15.9 Å². The Kier molecular flexibility index (Phi) is 7.77. The van der Waals surface area contributed by atoms with E-state index in [0.29, 0.717) is 19.3 Å². The lowest BCUT2D eigenvalue weighted by Crippen LogP contribution is -2.51. The first kappa shape index (κ1) is 23.3. The molecule has 0 aromatic heterocycles. The number of rotatable bonds is 8. The van der Waals surface area contributed by atoms with E-state index in [1.165, 1.54) is 30.3 Å². The molecule has 0 aliphatic carbocycles. The van der Waals surface area contributed by atoms with Gasteiger partial charge in [-0.05, 0) is 50.5 Å². The minimum absolute atomic E-state index is 0.0223. The Morgan fingerprint density at radius 1 is 1.16 bits per heavy atom. The van der Waals surface area contributed by atoms with Crippen molar-refractivity contribution < 1.29 is 27.4 Å². The van der Waals surface area contributed by atoms with Gasteiger partial charge in [-0.2, -0.15) is 0 Å². The van der Waals surface area contributed by atoms with E-state index < -0.39 is 33.9 Å². The average Bonchev–Trinajstić information content (AvgIpc) is 2.75. The van der Waals surface area contributed by atoms with Crippen LogP contribution in [-0.2, 0) is 14.8 Å². The van der Waals surface area contributed by atoms with Gasteiger partial charge in [-0.3, -0.25) is 4.79 Å². The Bertz CT molecular complexity index is 997. The number of hydrogen-bond acceptors (Lipinski definition) is 5. The molecular formula is C22H27FN2O5S. The highest BCUT2D eigenvalue weighted by molar-refractivity contribution is 7.89. The summed E-state index contributed by atoms with van der Waals surface area (Å²) in [6.45, 7) is 1.81. The van der Waals surface area contributed by atoms with Crippen molar-refractivity contribution in [3.8, 4) is 0 Å². The maximum atomic E-state index is 13.7. The molecule has 0 radical (unpaired) electrons. The van der Waals surface area contributed by atoms with Crippen LogP contribution in [0, 0.1) is 12.7 Å². The molecule has 31 heavy (non-hydrogen) atoms. The highest BCUT2D eigenvalue weighted by Crippen LogP contribution is 2.23. The molecular weight excluding hydrogens is 423 g/mol. The van der Waals surface area contributed by atoms with Crippen molar-refractivity contribution in [3.05, 3.63) is 65.5 Å². The molecule has 3 rings (SSSR count). The van der Waals surface area contributed by atoms with Gasteiger partial charge in [-0.25, -0.2) is 17.5 Å². The third-order valence-corrected chi connectivity index (χ3v) is 6.81. The SMILES string of the molecule is Cc1ccc(S(=O)(=O)N[C@@H]2CC[C@H](CCNC(=O)c3ccccc3F)O[C@H]2CO)cc1. The highest BCUT2D eigenvalue weighted by Gasteiger charge is 2.33. The number of benzene rings is 2. The fourth-order valence-electron chi connectivity index (χ4n) is 3.55. The molecule has 1 aliphatic rings. The van der Waals surface area contributed by atoms with Gasteiger partial charge in [0.2, 0.25) is 10.0 Å². The van der Waals surface area contributed by atoms with E-state index in [1.807, 2.05) is 6.92 Å². The number of aliphatic hydroxyl groups is 1. The monoisotopic (exact) mass is 450 g/mol. The first-order chi connectivity index (χ1) is 14.8. The summed E-state index contributed by atoms with van der Waals surface area (Å²) in [6, 6.07) is 11.7. The number of ether oxygens (including phenoxy) is 1. The van der Waals surface area contributed by atoms with Gasteiger partial charge in [-0.1, -0.05) is 29.8 Å². The van der Waals surface area contributed by atoms with Crippen LogP contribution in [0.2, 0.25) is 0 Å². The zero-order valence-corrected chi connectivity index (χ0v) is 18.1. The van der Waals surface area contributed by atoms with E-state index in [2.05, 4.69) is 10.0 Å². The molecule has 0 spiro atoms. The predicted molar refractivity (Wildman–Crippen MR) is 114 cm³/mol. The van der Waals surface area contributed by atoms with Gasteiger partial charge in [0.15, 0.2) is 0 Å². The summed E-state index contributed by atoms with van der Waals surface area (Å²) in [5.41, 5.74) is 0.934. The summed E-state index contributed by atoms with van der Waals surface area (Å²) < 4.78 is 47.4. The fraction of sp³-hybridized carbons (Fsp3) is 0.409. The number of carbonyl (C=O) groups is 1. The lowest BCUT2D eigenvalue weighted by atomic mass is 9.98. The lowest BCUT2D eigenvalue weighted by molar-refractivity contribution is -0.0871. The third kappa shape index (κ3) is 6.10. The summed E-state index contributed by atoms with van der Waals surface area (Å²) in [7, 11) is -3.73. The first-order valence-electron chi connectivity index (χ1n) is 10.2. The number of amides is 1. The number of aryl methyl sites for hydroxylation is 1. The summed E-state index contributed by atoms with van der Waals surface area (Å²) in [4.78, 5) is 12.2. The van der Waals surface area contributed by atoms with Gasteiger partial charge < -0.3 is 15.2 Å². The molecule has 0 bridgehead atoms. The zero-order chi connectivity index (χ0) is 22.4. The van der Waals surface area contributed by atoms with Gasteiger partial charge in [0, 0.05) is 6.54 Å². The van der Waals surface area contributed by atoms with Crippen LogP contribution in [0.15, 0.2) is 53.4 Å². The molecule has 3 atom stereocenters. The molecule has 9 heteroatoms. The molecule has 7 nitrogen and oxygen atoms in total. The molecule has 168 valence electrons. The van der Waals surface area contributed by atoms with Crippen LogP contribution >= 0.6 is 0 Å². The Labute approximate surface area is 181 Å². The Morgan fingerprint density at radius 3 is 2.55 bits per heavy atom. The molecule has 1 heterocycles. The molecule has 1 aliphatic heterocycles. The second-order valence-electron chi connectivity index (χ2n) is 7.62. The van der Waals surface area contributed by atoms with Gasteiger partial charge in [-0.15, -0.1) is 0 Å². The molecule has 3 N–H and O–H groups in total. The van der Waals surface area contributed by atoms with E-state index >= 15 is 0 Å². The van der Waals surface area contributed by atoms with Crippen molar-refractivity contribution in [2.24, 2.45) is 0 Å². The molecule has 0 unspecified atom stereocenters. The minimum atomic E-state index is -3.73. The number of aliphatic hydroxyl groups excluding tert-OH is 1. The Balaban J connectivity index is 1.51. The topological polar surface area (TPSA) is 105 Å². The summed E-state index contributed by atoms with van der Waals surface area (Å²) in [5, 5.41) is 12.4.